The second-order valence-corrected chi connectivity index (χ2v) is 7.51. The molecule has 2 aromatic carbocycles. The van der Waals surface area contributed by atoms with Crippen molar-refractivity contribution in [2.75, 3.05) is 14.2 Å². The van der Waals surface area contributed by atoms with Gasteiger partial charge in [0.1, 0.15) is 0 Å². The van der Waals surface area contributed by atoms with E-state index >= 15 is 0 Å². The van der Waals surface area contributed by atoms with Crippen LogP contribution >= 0.6 is 11.6 Å². The average Bonchev–Trinajstić information content (AvgIpc) is 3.51. The Labute approximate surface area is 203 Å². The van der Waals surface area contributed by atoms with Crippen LogP contribution in [0.3, 0.4) is 0 Å². The molecule has 4 aromatic rings. The van der Waals surface area contributed by atoms with Crippen molar-refractivity contribution in [3.63, 3.8) is 0 Å². The number of nitrogens with zero attached hydrogens (tertiary/aromatic N) is 2. The molecule has 2 aromatic heterocycles. The SMILES string of the molecule is C.COC(=O)c1ccc(C)c(-c2[nH]ncc2Cl)c1.COC(=O)c1ccc(C)c(-c2ccn[nH]2)c1. The van der Waals surface area contributed by atoms with Gasteiger partial charge in [-0.2, -0.15) is 10.2 Å². The standard InChI is InChI=1S/C12H11ClN2O2.C12H12N2O2.CH4/c1-7-3-4-8(12(16)17-2)5-9(7)11-10(13)6-14-15-11;1-8-3-4-9(12(15)16-2)7-10(8)11-5-6-13-14-11;/h3-6H,1-2H3,(H,14,15);3-7H,1-2H3,(H,13,14);1H4. The molecule has 9 heteroatoms. The molecular formula is C25H27ClN4O4. The molecule has 0 unspecified atom stereocenters. The van der Waals surface area contributed by atoms with E-state index in [1.54, 1.807) is 30.5 Å². The number of carbonyl (C=O) groups is 2. The predicted molar refractivity (Wildman–Crippen MR) is 132 cm³/mol. The molecule has 178 valence electrons. The quantitative estimate of drug-likeness (QED) is 0.364. The molecule has 4 rings (SSSR count). The van der Waals surface area contributed by atoms with Gasteiger partial charge in [0.15, 0.2) is 0 Å². The van der Waals surface area contributed by atoms with Gasteiger partial charge < -0.3 is 9.47 Å². The number of carbonyl (C=O) groups excluding carboxylic acids is 2. The highest BCUT2D eigenvalue weighted by molar-refractivity contribution is 6.33. The maximum Gasteiger partial charge on any atom is 0.337 e. The van der Waals surface area contributed by atoms with Crippen molar-refractivity contribution in [1.82, 2.24) is 20.4 Å². The number of rotatable bonds is 4. The second-order valence-electron chi connectivity index (χ2n) is 7.11. The summed E-state index contributed by atoms with van der Waals surface area (Å²) in [6.45, 7) is 3.92. The Morgan fingerprint density at radius 3 is 1.85 bits per heavy atom. The minimum atomic E-state index is -0.373. The molecule has 0 aliphatic rings. The lowest BCUT2D eigenvalue weighted by atomic mass is 10.0. The Kier molecular flexibility index (Phi) is 9.15. The number of nitrogens with one attached hydrogen (secondary N) is 2. The summed E-state index contributed by atoms with van der Waals surface area (Å²) in [5.41, 5.74) is 6.51. The smallest absolute Gasteiger partial charge is 0.337 e. The highest BCUT2D eigenvalue weighted by atomic mass is 35.5. The number of H-pyrrole nitrogens is 2. The first kappa shape index (κ1) is 26.3. The third kappa shape index (κ3) is 5.90. The fourth-order valence-corrected chi connectivity index (χ4v) is 3.35. The first-order valence-corrected chi connectivity index (χ1v) is 10.3. The van der Waals surface area contributed by atoms with E-state index < -0.39 is 0 Å². The van der Waals surface area contributed by atoms with E-state index in [0.717, 1.165) is 27.9 Å². The zero-order chi connectivity index (χ0) is 24.0. The van der Waals surface area contributed by atoms with Crippen molar-refractivity contribution in [3.8, 4) is 22.5 Å². The Morgan fingerprint density at radius 1 is 0.824 bits per heavy atom. The number of hydrogen-bond acceptors (Lipinski definition) is 6. The van der Waals surface area contributed by atoms with Crippen molar-refractivity contribution in [2.45, 2.75) is 21.3 Å². The number of hydrogen-bond donors (Lipinski definition) is 2. The molecule has 0 bridgehead atoms. The zero-order valence-electron chi connectivity index (χ0n) is 18.6. The minimum Gasteiger partial charge on any atom is -0.465 e. The van der Waals surface area contributed by atoms with Gasteiger partial charge in [-0.3, -0.25) is 10.2 Å². The highest BCUT2D eigenvalue weighted by Crippen LogP contribution is 2.29. The molecule has 2 heterocycles. The van der Waals surface area contributed by atoms with E-state index in [9.17, 15) is 9.59 Å². The molecule has 0 aliphatic carbocycles. The fraction of sp³-hybridized carbons (Fsp3) is 0.200. The number of methoxy groups -OCH3 is 2. The lowest BCUT2D eigenvalue weighted by Gasteiger charge is -2.06. The predicted octanol–water partition coefficient (Wildman–Crippen LogP) is 5.63. The third-order valence-corrected chi connectivity index (χ3v) is 5.26. The number of aromatic nitrogens is 4. The number of halogens is 1. The second kappa shape index (κ2) is 11.8. The van der Waals surface area contributed by atoms with Crippen LogP contribution in [0.5, 0.6) is 0 Å². The zero-order valence-corrected chi connectivity index (χ0v) is 19.4. The van der Waals surface area contributed by atoms with E-state index in [0.29, 0.717) is 21.8 Å². The molecule has 0 radical (unpaired) electrons. The van der Waals surface area contributed by atoms with Crippen molar-refractivity contribution in [1.29, 1.82) is 0 Å². The summed E-state index contributed by atoms with van der Waals surface area (Å²) in [4.78, 5) is 22.8. The maximum absolute atomic E-state index is 11.5. The number of ether oxygens (including phenoxy) is 2. The lowest BCUT2D eigenvalue weighted by molar-refractivity contribution is 0.0592. The molecule has 0 saturated carbocycles. The molecule has 0 fully saturated rings. The molecule has 0 saturated heterocycles. The molecule has 34 heavy (non-hydrogen) atoms. The highest BCUT2D eigenvalue weighted by Gasteiger charge is 2.13. The van der Waals surface area contributed by atoms with Gasteiger partial charge in [0.25, 0.3) is 0 Å². The Hall–Kier alpha value is -3.91. The van der Waals surface area contributed by atoms with Crippen LogP contribution in [-0.4, -0.2) is 46.6 Å². The third-order valence-electron chi connectivity index (χ3n) is 4.97. The Morgan fingerprint density at radius 2 is 1.38 bits per heavy atom. The largest absolute Gasteiger partial charge is 0.465 e. The minimum absolute atomic E-state index is 0. The first-order valence-electron chi connectivity index (χ1n) is 9.92. The summed E-state index contributed by atoms with van der Waals surface area (Å²) in [6, 6.07) is 12.6. The summed E-state index contributed by atoms with van der Waals surface area (Å²) in [7, 11) is 2.73. The van der Waals surface area contributed by atoms with Crippen LogP contribution in [-0.2, 0) is 9.47 Å². The summed E-state index contributed by atoms with van der Waals surface area (Å²) in [5.74, 6) is -0.706. The summed E-state index contributed by atoms with van der Waals surface area (Å²) >= 11 is 6.00. The van der Waals surface area contributed by atoms with Gasteiger partial charge in [-0.15, -0.1) is 0 Å². The van der Waals surface area contributed by atoms with E-state index in [1.807, 2.05) is 32.0 Å². The van der Waals surface area contributed by atoms with Gasteiger partial charge in [-0.05, 0) is 55.3 Å². The number of aromatic amines is 2. The normalized spacial score (nSPS) is 9.91. The summed E-state index contributed by atoms with van der Waals surface area (Å²) in [6.07, 6.45) is 3.21. The van der Waals surface area contributed by atoms with Gasteiger partial charge in [0.05, 0.1) is 48.0 Å². The molecule has 0 spiro atoms. The van der Waals surface area contributed by atoms with Crippen LogP contribution < -0.4 is 0 Å². The van der Waals surface area contributed by atoms with Crippen LogP contribution in [0, 0.1) is 13.8 Å². The topological polar surface area (TPSA) is 110 Å². The van der Waals surface area contributed by atoms with Gasteiger partial charge in [0, 0.05) is 17.3 Å². The Balaban J connectivity index is 0.000000234. The van der Waals surface area contributed by atoms with E-state index in [4.69, 9.17) is 11.6 Å². The molecular weight excluding hydrogens is 456 g/mol. The maximum atomic E-state index is 11.5. The van der Waals surface area contributed by atoms with Gasteiger partial charge in [0.2, 0.25) is 0 Å². The van der Waals surface area contributed by atoms with E-state index in [-0.39, 0.29) is 19.4 Å². The van der Waals surface area contributed by atoms with Gasteiger partial charge >= 0.3 is 11.9 Å². The fourth-order valence-electron chi connectivity index (χ4n) is 3.16. The molecule has 0 amide bonds. The van der Waals surface area contributed by atoms with Gasteiger partial charge in [-0.25, -0.2) is 9.59 Å². The lowest BCUT2D eigenvalue weighted by Crippen LogP contribution is -2.01. The Bertz CT molecular complexity index is 1270. The summed E-state index contributed by atoms with van der Waals surface area (Å²) < 4.78 is 9.36. The van der Waals surface area contributed by atoms with Crippen LogP contribution in [0.1, 0.15) is 39.3 Å². The van der Waals surface area contributed by atoms with Crippen LogP contribution in [0.15, 0.2) is 54.9 Å². The van der Waals surface area contributed by atoms with Crippen molar-refractivity contribution in [3.05, 3.63) is 82.1 Å². The number of esters is 2. The van der Waals surface area contributed by atoms with Crippen molar-refractivity contribution in [2.24, 2.45) is 0 Å². The molecule has 0 aliphatic heterocycles. The average molecular weight is 483 g/mol. The van der Waals surface area contributed by atoms with E-state index in [2.05, 4.69) is 29.9 Å². The van der Waals surface area contributed by atoms with Crippen LogP contribution in [0.4, 0.5) is 0 Å². The van der Waals surface area contributed by atoms with Crippen LogP contribution in [0.2, 0.25) is 5.02 Å². The van der Waals surface area contributed by atoms with Gasteiger partial charge in [-0.1, -0.05) is 31.2 Å². The molecule has 2 N–H and O–H groups in total. The monoisotopic (exact) mass is 482 g/mol. The van der Waals surface area contributed by atoms with E-state index in [1.165, 1.54) is 20.4 Å². The van der Waals surface area contributed by atoms with Crippen LogP contribution in [0.25, 0.3) is 22.5 Å². The first-order chi connectivity index (χ1) is 15.8. The van der Waals surface area contributed by atoms with Crippen molar-refractivity contribution < 1.29 is 19.1 Å². The molecule has 0 atom stereocenters. The number of benzene rings is 2. The summed E-state index contributed by atoms with van der Waals surface area (Å²) in [5, 5.41) is 14.0. The van der Waals surface area contributed by atoms with Crippen molar-refractivity contribution >= 4 is 23.5 Å². The number of aryl methyl sites for hydroxylation is 2. The molecule has 8 nitrogen and oxygen atoms in total.